The normalized spacial score (nSPS) is 10.9. The molecule has 1 heterocycles. The Labute approximate surface area is 98.5 Å². The summed E-state index contributed by atoms with van der Waals surface area (Å²) in [7, 11) is 0. The molecule has 0 amide bonds. The van der Waals surface area contributed by atoms with Gasteiger partial charge in [-0.2, -0.15) is 0 Å². The Balaban J connectivity index is 2.97. The second-order valence-electron chi connectivity index (χ2n) is 2.35. The summed E-state index contributed by atoms with van der Waals surface area (Å²) in [5, 5.41) is 3.96. The zero-order chi connectivity index (χ0) is 8.72. The van der Waals surface area contributed by atoms with Crippen LogP contribution in [0.25, 0.3) is 10.1 Å². The first kappa shape index (κ1) is 9.12. The van der Waals surface area contributed by atoms with Gasteiger partial charge in [0.1, 0.15) is 0 Å². The molecular formula is C8H4ClIS2. The zero-order valence-electron chi connectivity index (χ0n) is 5.84. The fraction of sp³-hybridized carbons (Fsp3) is 0. The smallest absolute Gasteiger partial charge is 0.0504 e. The van der Waals surface area contributed by atoms with E-state index in [0.717, 1.165) is 15.3 Å². The first-order valence-corrected chi connectivity index (χ1v) is 6.02. The van der Waals surface area contributed by atoms with E-state index < -0.39 is 0 Å². The van der Waals surface area contributed by atoms with Crippen LogP contribution in [-0.4, -0.2) is 0 Å². The van der Waals surface area contributed by atoms with Crippen molar-refractivity contribution in [3.8, 4) is 0 Å². The maximum atomic E-state index is 6.03. The lowest BCUT2D eigenvalue weighted by Crippen LogP contribution is -1.76. The van der Waals surface area contributed by atoms with Crippen LogP contribution in [0, 0.1) is 3.57 Å². The highest BCUT2D eigenvalue weighted by molar-refractivity contribution is 14.1. The standard InChI is InChI=1S/C8H4ClIS2/c9-5-3-6(11)7(10)8-4(5)1-2-12-8/h1-3,11H. The van der Waals surface area contributed by atoms with Gasteiger partial charge in [-0.3, -0.25) is 0 Å². The summed E-state index contributed by atoms with van der Waals surface area (Å²) in [5.74, 6) is 0. The first-order valence-electron chi connectivity index (χ1n) is 3.24. The van der Waals surface area contributed by atoms with E-state index in [2.05, 4.69) is 35.2 Å². The summed E-state index contributed by atoms with van der Waals surface area (Å²) in [6.45, 7) is 0. The minimum Gasteiger partial charge on any atom is -0.143 e. The molecule has 0 aliphatic carbocycles. The minimum absolute atomic E-state index is 0.789. The molecule has 0 fully saturated rings. The van der Waals surface area contributed by atoms with Crippen LogP contribution >= 0.6 is 58.2 Å². The van der Waals surface area contributed by atoms with E-state index in [1.165, 1.54) is 8.27 Å². The van der Waals surface area contributed by atoms with Crippen molar-refractivity contribution in [2.45, 2.75) is 4.90 Å². The molecular weight excluding hydrogens is 323 g/mol. The number of hydrogen-bond acceptors (Lipinski definition) is 2. The molecule has 0 radical (unpaired) electrons. The lowest BCUT2D eigenvalue weighted by atomic mass is 10.3. The van der Waals surface area contributed by atoms with Crippen molar-refractivity contribution in [1.29, 1.82) is 0 Å². The molecule has 0 saturated carbocycles. The van der Waals surface area contributed by atoms with Gasteiger partial charge in [0.15, 0.2) is 0 Å². The average Bonchev–Trinajstić information content (AvgIpc) is 2.48. The lowest BCUT2D eigenvalue weighted by Gasteiger charge is -2.00. The molecule has 0 spiro atoms. The predicted molar refractivity (Wildman–Crippen MR) is 66.8 cm³/mol. The van der Waals surface area contributed by atoms with E-state index >= 15 is 0 Å². The maximum Gasteiger partial charge on any atom is 0.0504 e. The summed E-state index contributed by atoms with van der Waals surface area (Å²) < 4.78 is 2.42. The van der Waals surface area contributed by atoms with Gasteiger partial charge in [0.2, 0.25) is 0 Å². The van der Waals surface area contributed by atoms with Gasteiger partial charge in [0, 0.05) is 13.9 Å². The van der Waals surface area contributed by atoms with Gasteiger partial charge in [-0.25, -0.2) is 0 Å². The van der Waals surface area contributed by atoms with E-state index in [4.69, 9.17) is 11.6 Å². The number of halogens is 2. The van der Waals surface area contributed by atoms with Gasteiger partial charge in [0.05, 0.1) is 9.72 Å². The van der Waals surface area contributed by atoms with Crippen LogP contribution in [-0.2, 0) is 0 Å². The van der Waals surface area contributed by atoms with Crippen LogP contribution in [0.15, 0.2) is 22.4 Å². The molecule has 2 aromatic rings. The highest BCUT2D eigenvalue weighted by Gasteiger charge is 2.07. The number of rotatable bonds is 0. The van der Waals surface area contributed by atoms with Crippen LogP contribution in [0.4, 0.5) is 0 Å². The molecule has 4 heteroatoms. The minimum atomic E-state index is 0.789. The monoisotopic (exact) mass is 326 g/mol. The Morgan fingerprint density at radius 3 is 3.00 bits per heavy atom. The third-order valence-corrected chi connectivity index (χ3v) is 5.12. The zero-order valence-corrected chi connectivity index (χ0v) is 10.5. The third kappa shape index (κ3) is 1.36. The summed E-state index contributed by atoms with van der Waals surface area (Å²) in [6, 6.07) is 3.93. The number of fused-ring (bicyclic) bond motifs is 1. The number of benzene rings is 1. The highest BCUT2D eigenvalue weighted by atomic mass is 127. The van der Waals surface area contributed by atoms with Crippen LogP contribution < -0.4 is 0 Å². The lowest BCUT2D eigenvalue weighted by molar-refractivity contribution is 1.48. The molecule has 12 heavy (non-hydrogen) atoms. The van der Waals surface area contributed by atoms with E-state index in [9.17, 15) is 0 Å². The van der Waals surface area contributed by atoms with Gasteiger partial charge < -0.3 is 0 Å². The molecule has 0 saturated heterocycles. The van der Waals surface area contributed by atoms with Gasteiger partial charge in [-0.1, -0.05) is 11.6 Å². The van der Waals surface area contributed by atoms with Crippen LogP contribution in [0.3, 0.4) is 0 Å². The van der Waals surface area contributed by atoms with E-state index in [0.29, 0.717) is 0 Å². The van der Waals surface area contributed by atoms with Gasteiger partial charge in [-0.15, -0.1) is 24.0 Å². The number of thiophene rings is 1. The van der Waals surface area contributed by atoms with Crippen LogP contribution in [0.2, 0.25) is 5.02 Å². The quantitative estimate of drug-likeness (QED) is 0.537. The van der Waals surface area contributed by atoms with Crippen LogP contribution in [0.1, 0.15) is 0 Å². The van der Waals surface area contributed by atoms with Crippen molar-refractivity contribution in [3.05, 3.63) is 26.1 Å². The second kappa shape index (κ2) is 3.36. The van der Waals surface area contributed by atoms with Gasteiger partial charge >= 0.3 is 0 Å². The Morgan fingerprint density at radius 1 is 1.50 bits per heavy atom. The molecule has 2 rings (SSSR count). The molecule has 62 valence electrons. The van der Waals surface area contributed by atoms with Crippen LogP contribution in [0.5, 0.6) is 0 Å². The summed E-state index contributed by atoms with van der Waals surface area (Å²) in [4.78, 5) is 0.954. The second-order valence-corrected chi connectivity index (χ2v) is 5.24. The van der Waals surface area contributed by atoms with Crippen molar-refractivity contribution < 1.29 is 0 Å². The number of hydrogen-bond donors (Lipinski definition) is 1. The molecule has 1 aromatic heterocycles. The van der Waals surface area contributed by atoms with Crippen molar-refractivity contribution in [1.82, 2.24) is 0 Å². The Morgan fingerprint density at radius 2 is 2.25 bits per heavy atom. The Kier molecular flexibility index (Phi) is 2.56. The fourth-order valence-electron chi connectivity index (χ4n) is 1.04. The molecule has 0 aliphatic rings. The SMILES string of the molecule is Sc1cc(Cl)c2ccsc2c1I. The predicted octanol–water partition coefficient (Wildman–Crippen LogP) is 4.45. The summed E-state index contributed by atoms with van der Waals surface area (Å²) in [6.07, 6.45) is 0. The van der Waals surface area contributed by atoms with E-state index in [1.807, 2.05) is 17.5 Å². The number of thiol groups is 1. The highest BCUT2D eigenvalue weighted by Crippen LogP contribution is 2.35. The van der Waals surface area contributed by atoms with Gasteiger partial charge in [0.25, 0.3) is 0 Å². The molecule has 0 aliphatic heterocycles. The molecule has 0 N–H and O–H groups in total. The van der Waals surface area contributed by atoms with Crippen molar-refractivity contribution >= 4 is 68.2 Å². The Hall–Kier alpha value is 0.550. The first-order chi connectivity index (χ1) is 5.70. The average molecular weight is 327 g/mol. The van der Waals surface area contributed by atoms with E-state index in [-0.39, 0.29) is 0 Å². The summed E-state index contributed by atoms with van der Waals surface area (Å²) >= 11 is 14.4. The maximum absolute atomic E-state index is 6.03. The molecule has 1 aromatic carbocycles. The molecule has 0 bridgehead atoms. The third-order valence-electron chi connectivity index (χ3n) is 1.61. The van der Waals surface area contributed by atoms with Crippen molar-refractivity contribution in [2.75, 3.05) is 0 Å². The van der Waals surface area contributed by atoms with Crippen molar-refractivity contribution in [3.63, 3.8) is 0 Å². The fourth-order valence-corrected chi connectivity index (χ4v) is 3.45. The largest absolute Gasteiger partial charge is 0.143 e. The molecule has 0 nitrogen and oxygen atoms in total. The van der Waals surface area contributed by atoms with Gasteiger partial charge in [-0.05, 0) is 40.1 Å². The topological polar surface area (TPSA) is 0 Å². The molecule has 0 unspecified atom stereocenters. The van der Waals surface area contributed by atoms with E-state index in [1.54, 1.807) is 11.3 Å². The molecule has 0 atom stereocenters. The Bertz CT molecular complexity index is 436. The summed E-state index contributed by atoms with van der Waals surface area (Å²) in [5.41, 5.74) is 0. The van der Waals surface area contributed by atoms with Crippen molar-refractivity contribution in [2.24, 2.45) is 0 Å².